The van der Waals surface area contributed by atoms with E-state index in [-0.39, 0.29) is 11.7 Å². The van der Waals surface area contributed by atoms with Crippen LogP contribution in [0.25, 0.3) is 0 Å². The van der Waals surface area contributed by atoms with E-state index < -0.39 is 15.8 Å². The van der Waals surface area contributed by atoms with E-state index in [0.29, 0.717) is 24.3 Å². The molecule has 2 aromatic rings. The molecular formula is C19H22FN3O3S. The molecule has 0 bridgehead atoms. The van der Waals surface area contributed by atoms with E-state index in [4.69, 9.17) is 0 Å². The average Bonchev–Trinajstić information content (AvgIpc) is 2.64. The molecule has 1 fully saturated rings. The van der Waals surface area contributed by atoms with Crippen LogP contribution in [0.5, 0.6) is 0 Å². The number of nitrogens with one attached hydrogen (secondary N) is 1. The first kappa shape index (κ1) is 19.2. The highest BCUT2D eigenvalue weighted by atomic mass is 32.2. The fraction of sp³-hybridized carbons (Fsp3) is 0.316. The number of piperazine rings is 1. The van der Waals surface area contributed by atoms with Crippen LogP contribution in [0.15, 0.2) is 48.5 Å². The van der Waals surface area contributed by atoms with E-state index in [9.17, 15) is 17.6 Å². The van der Waals surface area contributed by atoms with Crippen molar-refractivity contribution in [2.75, 3.05) is 35.8 Å². The summed E-state index contributed by atoms with van der Waals surface area (Å²) < 4.78 is 40.0. The summed E-state index contributed by atoms with van der Waals surface area (Å²) in [5.74, 6) is -0.536. The molecule has 1 aliphatic heterocycles. The van der Waals surface area contributed by atoms with E-state index in [1.165, 1.54) is 24.3 Å². The Morgan fingerprint density at radius 3 is 2.15 bits per heavy atom. The molecule has 8 heteroatoms. The number of rotatable bonds is 5. The first-order valence-electron chi connectivity index (χ1n) is 8.68. The molecule has 27 heavy (non-hydrogen) atoms. The van der Waals surface area contributed by atoms with E-state index in [0.717, 1.165) is 18.8 Å². The maximum absolute atomic E-state index is 12.9. The Labute approximate surface area is 158 Å². The molecular weight excluding hydrogens is 369 g/mol. The second-order valence-electron chi connectivity index (χ2n) is 6.53. The van der Waals surface area contributed by atoms with Gasteiger partial charge in [-0.15, -0.1) is 0 Å². The second kappa shape index (κ2) is 7.96. The summed E-state index contributed by atoms with van der Waals surface area (Å²) in [5, 5.41) is 0. The molecule has 6 nitrogen and oxygen atoms in total. The molecule has 3 rings (SSSR count). The molecule has 1 amide bonds. The highest BCUT2D eigenvalue weighted by Crippen LogP contribution is 2.21. The minimum atomic E-state index is -3.59. The maximum Gasteiger partial charge on any atom is 0.236 e. The van der Waals surface area contributed by atoms with Gasteiger partial charge in [0.1, 0.15) is 5.82 Å². The van der Waals surface area contributed by atoms with Crippen LogP contribution in [-0.4, -0.2) is 45.4 Å². The number of carbonyl (C=O) groups excluding carboxylic acids is 1. The maximum atomic E-state index is 12.9. The molecule has 0 radical (unpaired) electrons. The first-order chi connectivity index (χ1) is 12.8. The lowest BCUT2D eigenvalue weighted by atomic mass is 10.2. The summed E-state index contributed by atoms with van der Waals surface area (Å²) in [6, 6.07) is 12.6. The van der Waals surface area contributed by atoms with Gasteiger partial charge in [-0.1, -0.05) is 12.1 Å². The van der Waals surface area contributed by atoms with Gasteiger partial charge in [-0.3, -0.25) is 9.52 Å². The predicted molar refractivity (Wildman–Crippen MR) is 104 cm³/mol. The monoisotopic (exact) mass is 391 g/mol. The zero-order chi connectivity index (χ0) is 19.4. The summed E-state index contributed by atoms with van der Waals surface area (Å²) in [6.45, 7) is 4.43. The molecule has 1 heterocycles. The van der Waals surface area contributed by atoms with E-state index >= 15 is 0 Å². The Morgan fingerprint density at radius 1 is 1.00 bits per heavy atom. The number of sulfonamides is 1. The quantitative estimate of drug-likeness (QED) is 0.850. The van der Waals surface area contributed by atoms with Crippen molar-refractivity contribution in [3.63, 3.8) is 0 Å². The zero-order valence-corrected chi connectivity index (χ0v) is 15.9. The fourth-order valence-corrected chi connectivity index (χ4v) is 4.23. The molecule has 0 aromatic heterocycles. The van der Waals surface area contributed by atoms with E-state index in [1.807, 2.05) is 17.0 Å². The highest BCUT2D eigenvalue weighted by molar-refractivity contribution is 7.91. The van der Waals surface area contributed by atoms with Gasteiger partial charge in [0, 0.05) is 44.5 Å². The Morgan fingerprint density at radius 2 is 1.59 bits per heavy atom. The minimum Gasteiger partial charge on any atom is -0.368 e. The van der Waals surface area contributed by atoms with E-state index in [2.05, 4.69) is 9.62 Å². The fourth-order valence-electron chi connectivity index (χ4n) is 3.04. The van der Waals surface area contributed by atoms with Crippen molar-refractivity contribution in [2.45, 2.75) is 12.7 Å². The number of hydrogen-bond donors (Lipinski definition) is 1. The number of anilines is 2. The molecule has 0 saturated carbocycles. The lowest BCUT2D eigenvalue weighted by Crippen LogP contribution is -2.48. The zero-order valence-electron chi connectivity index (χ0n) is 15.1. The molecule has 1 N–H and O–H groups in total. The van der Waals surface area contributed by atoms with Crippen LogP contribution >= 0.6 is 0 Å². The number of carbonyl (C=O) groups is 1. The van der Waals surface area contributed by atoms with Gasteiger partial charge in [0.2, 0.25) is 15.9 Å². The number of amides is 1. The van der Waals surface area contributed by atoms with Crippen LogP contribution in [0.2, 0.25) is 0 Å². The SMILES string of the molecule is CC(=O)N1CCN(c2ccc(NS(=O)(=O)Cc3ccc(F)cc3)cc2)CC1. The van der Waals surface area contributed by atoms with Crippen molar-refractivity contribution < 1.29 is 17.6 Å². The Balaban J connectivity index is 1.60. The number of nitrogens with zero attached hydrogens (tertiary/aromatic N) is 2. The molecule has 0 unspecified atom stereocenters. The van der Waals surface area contributed by atoms with Crippen molar-refractivity contribution in [3.05, 3.63) is 59.9 Å². The average molecular weight is 391 g/mol. The molecule has 1 aliphatic rings. The number of hydrogen-bond acceptors (Lipinski definition) is 4. The van der Waals surface area contributed by atoms with Crippen LogP contribution < -0.4 is 9.62 Å². The summed E-state index contributed by atoms with van der Waals surface area (Å²) in [7, 11) is -3.59. The van der Waals surface area contributed by atoms with Gasteiger partial charge in [0.05, 0.1) is 5.75 Å². The topological polar surface area (TPSA) is 69.7 Å². The largest absolute Gasteiger partial charge is 0.368 e. The molecule has 2 aromatic carbocycles. The number of benzene rings is 2. The van der Waals surface area contributed by atoms with Crippen LogP contribution in [0, 0.1) is 5.82 Å². The summed E-state index contributed by atoms with van der Waals surface area (Å²) >= 11 is 0. The third kappa shape index (κ3) is 5.19. The summed E-state index contributed by atoms with van der Waals surface area (Å²) in [5.41, 5.74) is 1.98. The molecule has 0 aliphatic carbocycles. The van der Waals surface area contributed by atoms with Gasteiger partial charge in [-0.25, -0.2) is 12.8 Å². The van der Waals surface area contributed by atoms with Crippen molar-refractivity contribution in [2.24, 2.45) is 0 Å². The van der Waals surface area contributed by atoms with E-state index in [1.54, 1.807) is 19.1 Å². The van der Waals surface area contributed by atoms with Crippen molar-refractivity contribution in [3.8, 4) is 0 Å². The van der Waals surface area contributed by atoms with Crippen LogP contribution in [0.1, 0.15) is 12.5 Å². The van der Waals surface area contributed by atoms with Gasteiger partial charge in [0.25, 0.3) is 0 Å². The van der Waals surface area contributed by atoms with Crippen molar-refractivity contribution >= 4 is 27.3 Å². The summed E-state index contributed by atoms with van der Waals surface area (Å²) in [6.07, 6.45) is 0. The first-order valence-corrected chi connectivity index (χ1v) is 10.3. The Bertz CT molecular complexity index is 891. The highest BCUT2D eigenvalue weighted by Gasteiger charge is 2.19. The summed E-state index contributed by atoms with van der Waals surface area (Å²) in [4.78, 5) is 15.4. The van der Waals surface area contributed by atoms with Crippen LogP contribution in [-0.2, 0) is 20.6 Å². The third-order valence-electron chi connectivity index (χ3n) is 4.50. The van der Waals surface area contributed by atoms with Gasteiger partial charge < -0.3 is 9.80 Å². The molecule has 0 atom stereocenters. The molecule has 0 spiro atoms. The van der Waals surface area contributed by atoms with Crippen molar-refractivity contribution in [1.82, 2.24) is 4.90 Å². The van der Waals surface area contributed by atoms with Gasteiger partial charge in [-0.2, -0.15) is 0 Å². The standard InChI is InChI=1S/C19H22FN3O3S/c1-15(24)22-10-12-23(13-11-22)19-8-6-18(7-9-19)21-27(25,26)14-16-2-4-17(20)5-3-16/h2-9,21H,10-14H2,1H3. The van der Waals surface area contributed by atoms with Gasteiger partial charge in [0.15, 0.2) is 0 Å². The lowest BCUT2D eigenvalue weighted by Gasteiger charge is -2.35. The number of halogens is 1. The Kier molecular flexibility index (Phi) is 5.65. The van der Waals surface area contributed by atoms with Crippen molar-refractivity contribution in [1.29, 1.82) is 0 Å². The normalized spacial score (nSPS) is 14.9. The smallest absolute Gasteiger partial charge is 0.236 e. The minimum absolute atomic E-state index is 0.0839. The van der Waals surface area contributed by atoms with Gasteiger partial charge in [-0.05, 0) is 42.0 Å². The third-order valence-corrected chi connectivity index (χ3v) is 5.76. The lowest BCUT2D eigenvalue weighted by molar-refractivity contribution is -0.129. The van der Waals surface area contributed by atoms with Gasteiger partial charge >= 0.3 is 0 Å². The Hall–Kier alpha value is -2.61. The second-order valence-corrected chi connectivity index (χ2v) is 8.25. The van der Waals surface area contributed by atoms with Crippen LogP contribution in [0.4, 0.5) is 15.8 Å². The molecule has 144 valence electrons. The predicted octanol–water partition coefficient (Wildman–Crippen LogP) is 2.44. The molecule has 1 saturated heterocycles. The van der Waals surface area contributed by atoms with Crippen LogP contribution in [0.3, 0.4) is 0 Å².